The molecule has 0 spiro atoms. The molecule has 1 amide bonds. The quantitative estimate of drug-likeness (QED) is 0.549. The summed E-state index contributed by atoms with van der Waals surface area (Å²) in [4.78, 5) is 27.3. The molecule has 2 aliphatic carbocycles. The number of ketones is 1. The van der Waals surface area contributed by atoms with Crippen LogP contribution in [0, 0.1) is 16.7 Å². The zero-order chi connectivity index (χ0) is 25.6. The zero-order valence-corrected chi connectivity index (χ0v) is 22.3. The number of thiophene rings is 1. The summed E-state index contributed by atoms with van der Waals surface area (Å²) in [5, 5.41) is 2.69. The lowest BCUT2D eigenvalue weighted by Gasteiger charge is -2.35. The van der Waals surface area contributed by atoms with Gasteiger partial charge in [-0.2, -0.15) is 8.42 Å². The second-order valence-electron chi connectivity index (χ2n) is 10.3. The van der Waals surface area contributed by atoms with Crippen molar-refractivity contribution in [3.05, 3.63) is 56.7 Å². The van der Waals surface area contributed by atoms with Crippen molar-refractivity contribution < 1.29 is 22.6 Å². The molecule has 3 aliphatic rings. The third-order valence-corrected chi connectivity index (χ3v) is 10.5. The van der Waals surface area contributed by atoms with E-state index in [4.69, 9.17) is 21.9 Å². The molecule has 2 heterocycles. The van der Waals surface area contributed by atoms with Gasteiger partial charge in [-0.25, -0.2) is 0 Å². The molecule has 3 atom stereocenters. The lowest BCUT2D eigenvalue weighted by atomic mass is 9.70. The van der Waals surface area contributed by atoms with E-state index in [2.05, 4.69) is 16.3 Å². The fourth-order valence-electron chi connectivity index (χ4n) is 6.14. The van der Waals surface area contributed by atoms with Gasteiger partial charge in [0.1, 0.15) is 11.8 Å². The molecule has 2 aromatic rings. The van der Waals surface area contributed by atoms with Gasteiger partial charge in [0.05, 0.1) is 11.2 Å². The first-order valence-corrected chi connectivity index (χ1v) is 14.5. The highest BCUT2D eigenvalue weighted by atomic mass is 35.5. The van der Waals surface area contributed by atoms with Gasteiger partial charge in [0.15, 0.2) is 0 Å². The van der Waals surface area contributed by atoms with Crippen LogP contribution in [0.1, 0.15) is 55.2 Å². The van der Waals surface area contributed by atoms with E-state index in [0.717, 1.165) is 31.5 Å². The number of Topliss-reactive ketones (excluding diaryl/α,β-unsaturated/α-hetero) is 1. The van der Waals surface area contributed by atoms with Gasteiger partial charge in [-0.15, -0.1) is 11.3 Å². The summed E-state index contributed by atoms with van der Waals surface area (Å²) in [6.45, 7) is 5.46. The molecule has 1 aliphatic heterocycles. The number of carbonyl (C=O) groups excluding carboxylic acids is 2. The fourth-order valence-corrected chi connectivity index (χ4v) is 8.57. The number of primary amides is 1. The molecule has 1 aromatic heterocycles. The van der Waals surface area contributed by atoms with Crippen LogP contribution in [-0.4, -0.2) is 41.9 Å². The van der Waals surface area contributed by atoms with E-state index in [1.807, 2.05) is 32.0 Å². The number of hydrogen-bond donors (Lipinski definition) is 2. The van der Waals surface area contributed by atoms with Crippen LogP contribution in [0.4, 0.5) is 0 Å². The Labute approximate surface area is 215 Å². The lowest BCUT2D eigenvalue weighted by molar-refractivity contribution is -0.128. The smallest absolute Gasteiger partial charge is 0.265 e. The first kappa shape index (κ1) is 26.3. The molecule has 35 heavy (non-hydrogen) atoms. The Morgan fingerprint density at radius 2 is 2.03 bits per heavy atom. The summed E-state index contributed by atoms with van der Waals surface area (Å²) in [5.41, 5.74) is 6.59. The van der Waals surface area contributed by atoms with Crippen molar-refractivity contribution in [2.45, 2.75) is 52.1 Å². The number of carbonyl (C=O) groups is 2. The third kappa shape index (κ3) is 4.93. The Morgan fingerprint density at radius 3 is 2.60 bits per heavy atom. The summed E-state index contributed by atoms with van der Waals surface area (Å²) in [7, 11) is -4.08. The normalized spacial score (nSPS) is 26.1. The van der Waals surface area contributed by atoms with E-state index >= 15 is 0 Å². The van der Waals surface area contributed by atoms with E-state index in [9.17, 15) is 18.0 Å². The van der Waals surface area contributed by atoms with Crippen molar-refractivity contribution in [2.75, 3.05) is 12.3 Å². The minimum Gasteiger partial charge on any atom is -0.368 e. The van der Waals surface area contributed by atoms with Gasteiger partial charge >= 0.3 is 0 Å². The SMILES string of the molecule is CC1(C)C2CC[C@]1(CS(=O)(=O)O)C(=O)C2.NC(=O)C(c1ccccc1Cl)N1CCc2sccc2C1. The van der Waals surface area contributed by atoms with Gasteiger partial charge in [0.25, 0.3) is 10.1 Å². The summed E-state index contributed by atoms with van der Waals surface area (Å²) in [6, 6.07) is 9.08. The van der Waals surface area contributed by atoms with Crippen molar-refractivity contribution in [1.82, 2.24) is 4.90 Å². The van der Waals surface area contributed by atoms with E-state index in [0.29, 0.717) is 17.9 Å². The number of halogens is 1. The average molecular weight is 539 g/mol. The number of rotatable bonds is 5. The maximum atomic E-state index is 11.9. The number of amides is 1. The van der Waals surface area contributed by atoms with Crippen molar-refractivity contribution in [2.24, 2.45) is 22.5 Å². The molecule has 0 radical (unpaired) electrons. The highest BCUT2D eigenvalue weighted by molar-refractivity contribution is 7.85. The minimum absolute atomic E-state index is 0.0152. The lowest BCUT2D eigenvalue weighted by Crippen LogP contribution is -2.42. The zero-order valence-electron chi connectivity index (χ0n) is 19.9. The molecular weight excluding hydrogens is 508 g/mol. The standard InChI is InChI=1S/C15H15ClN2OS.C10H16O4S/c16-12-4-2-1-3-11(12)14(15(17)19)18-7-5-13-10(9-18)6-8-20-13;1-9(2)7-3-4-10(9,8(11)5-7)6-15(12,13)14/h1-4,6,8,14H,5,7,9H2,(H2,17,19);7H,3-6H2,1-2H3,(H,12,13,14)/t;7?,10-/m.0/s1. The number of fused-ring (bicyclic) bond motifs is 3. The molecule has 2 unspecified atom stereocenters. The molecule has 5 rings (SSSR count). The van der Waals surface area contributed by atoms with Crippen LogP contribution in [0.15, 0.2) is 35.7 Å². The van der Waals surface area contributed by atoms with Gasteiger partial charge in [-0.3, -0.25) is 19.0 Å². The summed E-state index contributed by atoms with van der Waals surface area (Å²) < 4.78 is 31.0. The Bertz CT molecular complexity index is 1240. The summed E-state index contributed by atoms with van der Waals surface area (Å²) in [6.07, 6.45) is 2.93. The Morgan fingerprint density at radius 1 is 1.31 bits per heavy atom. The minimum atomic E-state index is -4.08. The number of nitrogens with zero attached hydrogens (tertiary/aromatic N) is 1. The van der Waals surface area contributed by atoms with Crippen LogP contribution in [0.25, 0.3) is 0 Å². The Balaban J connectivity index is 0.000000172. The molecule has 7 nitrogen and oxygen atoms in total. The van der Waals surface area contributed by atoms with Crippen molar-refractivity contribution in [1.29, 1.82) is 0 Å². The highest BCUT2D eigenvalue weighted by Gasteiger charge is 2.65. The van der Waals surface area contributed by atoms with Crippen LogP contribution in [0.5, 0.6) is 0 Å². The van der Waals surface area contributed by atoms with Crippen molar-refractivity contribution in [3.8, 4) is 0 Å². The Kier molecular flexibility index (Phi) is 7.20. The molecule has 0 saturated heterocycles. The monoisotopic (exact) mass is 538 g/mol. The number of benzene rings is 1. The largest absolute Gasteiger partial charge is 0.368 e. The van der Waals surface area contributed by atoms with Crippen molar-refractivity contribution >= 4 is 44.7 Å². The highest BCUT2D eigenvalue weighted by Crippen LogP contribution is 2.64. The molecule has 3 N–H and O–H groups in total. The van der Waals surface area contributed by atoms with Crippen LogP contribution >= 0.6 is 22.9 Å². The summed E-state index contributed by atoms with van der Waals surface area (Å²) >= 11 is 8.01. The van der Waals surface area contributed by atoms with Gasteiger partial charge in [-0.05, 0) is 59.2 Å². The van der Waals surface area contributed by atoms with E-state index in [1.54, 1.807) is 17.4 Å². The predicted octanol–water partition coefficient (Wildman–Crippen LogP) is 4.26. The number of nitrogens with two attached hydrogens (primary N) is 1. The average Bonchev–Trinajstić information content (AvgIpc) is 3.37. The number of hydrogen-bond acceptors (Lipinski definition) is 6. The molecular formula is C25H31ClN2O5S2. The fraction of sp³-hybridized carbons (Fsp3) is 0.520. The van der Waals surface area contributed by atoms with Crippen LogP contribution in [-0.2, 0) is 32.7 Å². The van der Waals surface area contributed by atoms with Crippen LogP contribution < -0.4 is 5.73 Å². The van der Waals surface area contributed by atoms with Crippen LogP contribution in [0.2, 0.25) is 5.02 Å². The maximum absolute atomic E-state index is 11.9. The van der Waals surface area contributed by atoms with E-state index in [-0.39, 0.29) is 23.0 Å². The van der Waals surface area contributed by atoms with E-state index < -0.39 is 27.3 Å². The van der Waals surface area contributed by atoms with Gasteiger partial charge in [0, 0.05) is 29.4 Å². The van der Waals surface area contributed by atoms with Gasteiger partial charge < -0.3 is 5.73 Å². The molecule has 2 fully saturated rings. The topological polar surface area (TPSA) is 118 Å². The van der Waals surface area contributed by atoms with Gasteiger partial charge in [0.2, 0.25) is 5.91 Å². The van der Waals surface area contributed by atoms with Crippen molar-refractivity contribution in [3.63, 3.8) is 0 Å². The molecule has 2 bridgehead atoms. The second-order valence-corrected chi connectivity index (χ2v) is 13.2. The van der Waals surface area contributed by atoms with E-state index in [1.165, 1.54) is 10.4 Å². The second kappa shape index (κ2) is 9.59. The molecule has 190 valence electrons. The molecule has 2 saturated carbocycles. The predicted molar refractivity (Wildman–Crippen MR) is 137 cm³/mol. The first-order valence-electron chi connectivity index (χ1n) is 11.7. The van der Waals surface area contributed by atoms with Crippen LogP contribution in [0.3, 0.4) is 0 Å². The van der Waals surface area contributed by atoms with Gasteiger partial charge in [-0.1, -0.05) is 43.6 Å². The maximum Gasteiger partial charge on any atom is 0.265 e. The Hall–Kier alpha value is -1.78. The summed E-state index contributed by atoms with van der Waals surface area (Å²) in [5.74, 6) is -0.451. The first-order chi connectivity index (χ1) is 16.4. The molecule has 1 aromatic carbocycles. The third-order valence-electron chi connectivity index (χ3n) is 8.24. The molecule has 10 heteroatoms.